The number of fused-ring (bicyclic) bond motifs is 1. The summed E-state index contributed by atoms with van der Waals surface area (Å²) in [5.41, 5.74) is 3.00. The van der Waals surface area contributed by atoms with E-state index in [1.165, 1.54) is 6.20 Å². The summed E-state index contributed by atoms with van der Waals surface area (Å²) in [6.45, 7) is 3.57. The molecular weight excluding hydrogens is 430 g/mol. The monoisotopic (exact) mass is 452 g/mol. The summed E-state index contributed by atoms with van der Waals surface area (Å²) in [7, 11) is 1.56. The minimum atomic E-state index is -1.06. The zero-order valence-corrected chi connectivity index (χ0v) is 18.5. The fraction of sp³-hybridized carbons (Fsp3) is 0.217. The lowest BCUT2D eigenvalue weighted by Crippen LogP contribution is -2.42. The number of ether oxygens (including phenoxy) is 1. The highest BCUT2D eigenvalue weighted by Crippen LogP contribution is 2.38. The quantitative estimate of drug-likeness (QED) is 0.494. The number of carbonyl (C=O) groups is 1. The Morgan fingerprint density at radius 2 is 2.09 bits per heavy atom. The molecule has 0 amide bonds. The number of halogens is 1. The third kappa shape index (κ3) is 4.02. The molecule has 0 radical (unpaired) electrons. The van der Waals surface area contributed by atoms with E-state index in [0.717, 1.165) is 11.3 Å². The molecule has 8 nitrogen and oxygen atoms in total. The van der Waals surface area contributed by atoms with Gasteiger partial charge in [0.05, 0.1) is 23.5 Å². The Hall–Kier alpha value is -3.49. The van der Waals surface area contributed by atoms with E-state index in [4.69, 9.17) is 21.4 Å². The molecule has 0 bridgehead atoms. The number of quaternary nitrogens is 1. The first-order chi connectivity index (χ1) is 15.5. The number of aromatic nitrogens is 2. The van der Waals surface area contributed by atoms with Crippen molar-refractivity contribution in [2.75, 3.05) is 19.0 Å². The third-order valence-corrected chi connectivity index (χ3v) is 5.78. The summed E-state index contributed by atoms with van der Waals surface area (Å²) in [6, 6.07) is 11.2. The number of hydrogen-bond acceptors (Lipinski definition) is 6. The molecule has 3 heterocycles. The van der Waals surface area contributed by atoms with E-state index in [2.05, 4.69) is 15.3 Å². The number of pyridine rings is 2. The van der Waals surface area contributed by atoms with Gasteiger partial charge >= 0.3 is 5.97 Å². The van der Waals surface area contributed by atoms with E-state index in [1.807, 2.05) is 31.2 Å². The van der Waals surface area contributed by atoms with E-state index >= 15 is 0 Å². The molecule has 2 N–H and O–H groups in total. The van der Waals surface area contributed by atoms with Crippen LogP contribution in [-0.2, 0) is 13.1 Å². The van der Waals surface area contributed by atoms with Crippen LogP contribution >= 0.6 is 11.6 Å². The van der Waals surface area contributed by atoms with Crippen molar-refractivity contribution in [3.05, 3.63) is 76.2 Å². The number of nitrogens with one attached hydrogen (secondary N) is 1. The Balaban J connectivity index is 1.69. The lowest BCUT2D eigenvalue weighted by Gasteiger charge is -2.26. The average Bonchev–Trinajstić information content (AvgIpc) is 3.17. The number of hydrogen-bond donors (Lipinski definition) is 2. The fourth-order valence-electron chi connectivity index (χ4n) is 3.78. The molecule has 1 aliphatic rings. The average molecular weight is 453 g/mol. The van der Waals surface area contributed by atoms with Crippen LogP contribution in [-0.4, -0.2) is 40.9 Å². The van der Waals surface area contributed by atoms with Gasteiger partial charge in [-0.15, -0.1) is 4.59 Å². The van der Waals surface area contributed by atoms with Crippen LogP contribution in [0.4, 0.5) is 11.5 Å². The van der Waals surface area contributed by atoms with Gasteiger partial charge in [0, 0.05) is 18.9 Å². The Morgan fingerprint density at radius 1 is 1.25 bits per heavy atom. The molecule has 1 unspecified atom stereocenters. The highest BCUT2D eigenvalue weighted by molar-refractivity contribution is 6.32. The number of rotatable bonds is 8. The van der Waals surface area contributed by atoms with Crippen LogP contribution in [0, 0.1) is 0 Å². The van der Waals surface area contributed by atoms with Gasteiger partial charge in [0.2, 0.25) is 0 Å². The largest absolute Gasteiger partial charge is 0.495 e. The number of carboxylic acids is 1. The molecule has 1 aliphatic heterocycles. The summed E-state index contributed by atoms with van der Waals surface area (Å²) >= 11 is 6.23. The van der Waals surface area contributed by atoms with Gasteiger partial charge in [-0.2, -0.15) is 0 Å². The van der Waals surface area contributed by atoms with Gasteiger partial charge in [0.25, 0.3) is 5.82 Å². The molecular formula is C23H23ClN5O3+. The first kappa shape index (κ1) is 21.7. The summed E-state index contributed by atoms with van der Waals surface area (Å²) in [6.07, 6.45) is 4.83. The number of aromatic carboxylic acids is 1. The maximum absolute atomic E-state index is 11.9. The second-order valence-corrected chi connectivity index (χ2v) is 7.78. The molecule has 1 aromatic carbocycles. The van der Waals surface area contributed by atoms with Gasteiger partial charge in [-0.05, 0) is 36.8 Å². The molecule has 0 spiro atoms. The zero-order chi connectivity index (χ0) is 22.7. The highest BCUT2D eigenvalue weighted by Gasteiger charge is 2.40. The van der Waals surface area contributed by atoms with Crippen LogP contribution in [0.15, 0.2) is 53.9 Å². The number of anilines is 1. The lowest BCUT2D eigenvalue weighted by atomic mass is 10.1. The van der Waals surface area contributed by atoms with Gasteiger partial charge in [-0.1, -0.05) is 28.8 Å². The number of benzene rings is 1. The summed E-state index contributed by atoms with van der Waals surface area (Å²) in [4.78, 5) is 20.9. The van der Waals surface area contributed by atoms with Crippen molar-refractivity contribution in [1.29, 1.82) is 0 Å². The third-order valence-electron chi connectivity index (χ3n) is 5.49. The van der Waals surface area contributed by atoms with Crippen LogP contribution in [0.1, 0.15) is 34.1 Å². The molecule has 1 atom stereocenters. The predicted octanol–water partition coefficient (Wildman–Crippen LogP) is 4.32. The standard InChI is InChI=1S/C23H22ClN5O3/c1-3-29(14-16-6-4-5-9-25-16)22-17(13-28-29)21(18(12-27-22)23(30)31)26-11-15-7-8-20(32-2)19(24)10-15/h4-10,12-13H,3,11,14H2,1-2H3,(H-,26,27,28,30,31)/p+1. The zero-order valence-electron chi connectivity index (χ0n) is 17.7. The van der Waals surface area contributed by atoms with Crippen molar-refractivity contribution >= 4 is 35.3 Å². The fourth-order valence-corrected chi connectivity index (χ4v) is 4.06. The van der Waals surface area contributed by atoms with Crippen molar-refractivity contribution in [3.8, 4) is 5.75 Å². The highest BCUT2D eigenvalue weighted by atomic mass is 35.5. The van der Waals surface area contributed by atoms with Crippen LogP contribution in [0.3, 0.4) is 0 Å². The van der Waals surface area contributed by atoms with Crippen molar-refractivity contribution in [2.24, 2.45) is 5.10 Å². The van der Waals surface area contributed by atoms with Gasteiger partial charge in [0.1, 0.15) is 29.6 Å². The first-order valence-electron chi connectivity index (χ1n) is 10.1. The molecule has 0 fully saturated rings. The van der Waals surface area contributed by atoms with Gasteiger partial charge in [-0.25, -0.2) is 9.78 Å². The topological polar surface area (TPSA) is 96.7 Å². The molecule has 0 saturated carbocycles. The molecule has 32 heavy (non-hydrogen) atoms. The van der Waals surface area contributed by atoms with Crippen LogP contribution in [0.2, 0.25) is 5.02 Å². The summed E-state index contributed by atoms with van der Waals surface area (Å²) in [5.74, 6) is 0.215. The Labute approximate surface area is 190 Å². The summed E-state index contributed by atoms with van der Waals surface area (Å²) in [5, 5.41) is 18.2. The number of carboxylic acid groups (broad SMARTS) is 1. The van der Waals surface area contributed by atoms with Crippen molar-refractivity contribution in [2.45, 2.75) is 20.0 Å². The van der Waals surface area contributed by atoms with E-state index in [0.29, 0.717) is 47.5 Å². The van der Waals surface area contributed by atoms with Crippen LogP contribution in [0.5, 0.6) is 5.75 Å². The van der Waals surface area contributed by atoms with Crippen molar-refractivity contribution in [3.63, 3.8) is 0 Å². The van der Waals surface area contributed by atoms with E-state index in [-0.39, 0.29) is 10.2 Å². The second-order valence-electron chi connectivity index (χ2n) is 7.37. The Bertz CT molecular complexity index is 1190. The SMILES string of the molecule is CC[N+]1(Cc2ccccn2)N=Cc2c1ncc(C(=O)O)c2NCc1ccc(OC)c(Cl)c1. The minimum Gasteiger partial charge on any atom is -0.495 e. The van der Waals surface area contributed by atoms with Crippen LogP contribution in [0.25, 0.3) is 0 Å². The first-order valence-corrected chi connectivity index (χ1v) is 10.5. The Morgan fingerprint density at radius 3 is 2.75 bits per heavy atom. The lowest BCUT2D eigenvalue weighted by molar-refractivity contribution is 0.0697. The van der Waals surface area contributed by atoms with E-state index in [1.54, 1.807) is 31.7 Å². The predicted molar refractivity (Wildman–Crippen MR) is 124 cm³/mol. The van der Waals surface area contributed by atoms with E-state index < -0.39 is 5.97 Å². The molecule has 2 aromatic heterocycles. The van der Waals surface area contributed by atoms with Gasteiger partial charge < -0.3 is 15.2 Å². The molecule has 0 saturated heterocycles. The normalized spacial score (nSPS) is 16.6. The number of methoxy groups -OCH3 is 1. The molecule has 4 rings (SSSR count). The Kier molecular flexibility index (Phi) is 6.07. The molecule has 164 valence electrons. The van der Waals surface area contributed by atoms with Crippen LogP contribution < -0.4 is 14.6 Å². The maximum atomic E-state index is 11.9. The van der Waals surface area contributed by atoms with E-state index in [9.17, 15) is 9.90 Å². The smallest absolute Gasteiger partial charge is 0.339 e. The molecule has 0 aliphatic carbocycles. The second kappa shape index (κ2) is 8.94. The van der Waals surface area contributed by atoms with Gasteiger partial charge in [0.15, 0.2) is 6.54 Å². The van der Waals surface area contributed by atoms with Gasteiger partial charge in [-0.3, -0.25) is 4.98 Å². The van der Waals surface area contributed by atoms with Crippen molar-refractivity contribution < 1.29 is 14.6 Å². The molecule has 3 aromatic rings. The maximum Gasteiger partial charge on any atom is 0.339 e. The molecule has 9 heteroatoms. The number of nitrogens with zero attached hydrogens (tertiary/aromatic N) is 4. The van der Waals surface area contributed by atoms with Crippen molar-refractivity contribution in [1.82, 2.24) is 14.6 Å². The minimum absolute atomic E-state index is 0.0868. The summed E-state index contributed by atoms with van der Waals surface area (Å²) < 4.78 is 5.41.